The Bertz CT molecular complexity index is 1760. The van der Waals surface area contributed by atoms with Crippen molar-refractivity contribution in [3.8, 4) is 11.1 Å². The predicted molar refractivity (Wildman–Crippen MR) is 182 cm³/mol. The van der Waals surface area contributed by atoms with Gasteiger partial charge in [0.15, 0.2) is 0 Å². The van der Waals surface area contributed by atoms with Crippen LogP contribution in [0.2, 0.25) is 0 Å². The molecule has 6 rings (SSSR count). The summed E-state index contributed by atoms with van der Waals surface area (Å²) in [5, 5.41) is 13.8. The molecular formula is C35H40N6O4S. The maximum atomic E-state index is 14.0. The van der Waals surface area contributed by atoms with E-state index in [0.717, 1.165) is 32.6 Å². The Labute approximate surface area is 273 Å². The number of aromatic nitrogens is 2. The van der Waals surface area contributed by atoms with Crippen LogP contribution in [0.15, 0.2) is 60.7 Å². The van der Waals surface area contributed by atoms with E-state index in [0.29, 0.717) is 56.9 Å². The van der Waals surface area contributed by atoms with Crippen molar-refractivity contribution in [1.29, 1.82) is 0 Å². The second kappa shape index (κ2) is 12.4. The second-order valence-corrected chi connectivity index (χ2v) is 14.1. The number of aryl methyl sites for hydroxylation is 1. The van der Waals surface area contributed by atoms with Crippen LogP contribution in [0.4, 0.5) is 16.6 Å². The molecular weight excluding hydrogens is 600 g/mol. The Kier molecular flexibility index (Phi) is 8.45. The number of anilines is 2. The summed E-state index contributed by atoms with van der Waals surface area (Å²) in [7, 11) is 0. The first-order valence-electron chi connectivity index (χ1n) is 15.8. The number of nitrogens with one attached hydrogen (secondary N) is 1. The van der Waals surface area contributed by atoms with Gasteiger partial charge in [-0.05, 0) is 54.0 Å². The number of carbonyl (C=O) groups is 3. The van der Waals surface area contributed by atoms with Crippen LogP contribution in [0, 0.1) is 5.41 Å². The number of piperazine rings is 1. The van der Waals surface area contributed by atoms with E-state index < -0.39 is 23.0 Å². The molecule has 4 heterocycles. The first-order chi connectivity index (χ1) is 22.0. The van der Waals surface area contributed by atoms with Crippen LogP contribution in [0.3, 0.4) is 0 Å². The van der Waals surface area contributed by atoms with E-state index >= 15 is 0 Å². The molecule has 11 heteroatoms. The molecule has 2 saturated heterocycles. The van der Waals surface area contributed by atoms with Gasteiger partial charge in [0, 0.05) is 43.2 Å². The highest BCUT2D eigenvalue weighted by Gasteiger charge is 2.57. The van der Waals surface area contributed by atoms with E-state index in [1.807, 2.05) is 68.1 Å². The molecule has 1 atom stereocenters. The van der Waals surface area contributed by atoms with E-state index in [4.69, 9.17) is 9.97 Å². The number of nitrogens with zero attached hydrogens (tertiary/aromatic N) is 5. The highest BCUT2D eigenvalue weighted by atomic mass is 32.1. The molecule has 46 heavy (non-hydrogen) atoms. The number of carboxylic acid groups (broad SMARTS) is 1. The SMILES string of the molecule is CCc1cc2c(N3CCN(C(=O)c4ccc(-c5ccccc5)cc4)CC3)nc(NC(=O)C3(C(C)(C)C)CCCN3C(=O)O)nc2s1. The minimum Gasteiger partial charge on any atom is -0.465 e. The van der Waals surface area contributed by atoms with Crippen molar-refractivity contribution in [2.75, 3.05) is 42.9 Å². The molecule has 0 saturated carbocycles. The highest BCUT2D eigenvalue weighted by Crippen LogP contribution is 2.45. The summed E-state index contributed by atoms with van der Waals surface area (Å²) >= 11 is 1.56. The number of fused-ring (bicyclic) bond motifs is 1. The summed E-state index contributed by atoms with van der Waals surface area (Å²) in [6.45, 7) is 10.3. The average molecular weight is 641 g/mol. The minimum absolute atomic E-state index is 0.00382. The van der Waals surface area contributed by atoms with E-state index in [2.05, 4.69) is 35.3 Å². The lowest BCUT2D eigenvalue weighted by Crippen LogP contribution is -2.62. The molecule has 2 N–H and O–H groups in total. The Morgan fingerprint density at radius 3 is 2.24 bits per heavy atom. The predicted octanol–water partition coefficient (Wildman–Crippen LogP) is 6.38. The summed E-state index contributed by atoms with van der Waals surface area (Å²) in [6, 6.07) is 19.9. The van der Waals surface area contributed by atoms with Crippen LogP contribution in [-0.2, 0) is 11.2 Å². The molecule has 0 radical (unpaired) electrons. The third-order valence-corrected chi connectivity index (χ3v) is 10.5. The van der Waals surface area contributed by atoms with Crippen LogP contribution < -0.4 is 10.2 Å². The molecule has 2 aliphatic rings. The number of benzene rings is 2. The number of carbonyl (C=O) groups excluding carboxylic acids is 2. The largest absolute Gasteiger partial charge is 0.465 e. The van der Waals surface area contributed by atoms with Crippen molar-refractivity contribution in [3.05, 3.63) is 71.1 Å². The van der Waals surface area contributed by atoms with Crippen LogP contribution in [0.5, 0.6) is 0 Å². The van der Waals surface area contributed by atoms with Gasteiger partial charge in [-0.15, -0.1) is 11.3 Å². The zero-order valence-corrected chi connectivity index (χ0v) is 27.6. The normalized spacial score (nSPS) is 18.7. The molecule has 3 amide bonds. The van der Waals surface area contributed by atoms with Gasteiger partial charge in [-0.2, -0.15) is 4.98 Å². The molecule has 2 aromatic carbocycles. The number of thiophene rings is 1. The Balaban J connectivity index is 1.22. The smallest absolute Gasteiger partial charge is 0.408 e. The first kappa shape index (κ1) is 31.5. The number of hydrogen-bond acceptors (Lipinski definition) is 7. The Morgan fingerprint density at radius 2 is 1.61 bits per heavy atom. The lowest BCUT2D eigenvalue weighted by atomic mass is 9.71. The molecule has 0 aliphatic carbocycles. The van der Waals surface area contributed by atoms with Gasteiger partial charge in [0.1, 0.15) is 16.2 Å². The molecule has 0 bridgehead atoms. The summed E-state index contributed by atoms with van der Waals surface area (Å²) in [5.41, 5.74) is 0.937. The van der Waals surface area contributed by atoms with Gasteiger partial charge < -0.3 is 14.9 Å². The van der Waals surface area contributed by atoms with Crippen molar-refractivity contribution in [1.82, 2.24) is 19.8 Å². The fourth-order valence-electron chi connectivity index (χ4n) is 6.81. The molecule has 10 nitrogen and oxygen atoms in total. The van der Waals surface area contributed by atoms with Crippen LogP contribution in [0.25, 0.3) is 21.3 Å². The molecule has 2 aliphatic heterocycles. The first-order valence-corrected chi connectivity index (χ1v) is 16.7. The number of likely N-dealkylation sites (tertiary alicyclic amines) is 1. The third kappa shape index (κ3) is 5.68. The number of amides is 3. The van der Waals surface area contributed by atoms with Crippen LogP contribution in [-0.4, -0.2) is 81.0 Å². The Morgan fingerprint density at radius 1 is 0.935 bits per heavy atom. The van der Waals surface area contributed by atoms with Gasteiger partial charge >= 0.3 is 6.09 Å². The van der Waals surface area contributed by atoms with Gasteiger partial charge in [0.2, 0.25) is 5.95 Å². The van der Waals surface area contributed by atoms with Gasteiger partial charge in [0.25, 0.3) is 11.8 Å². The molecule has 240 valence electrons. The summed E-state index contributed by atoms with van der Waals surface area (Å²) in [5.74, 6) is 0.457. The third-order valence-electron chi connectivity index (χ3n) is 9.33. The lowest BCUT2D eigenvalue weighted by molar-refractivity contribution is -0.131. The van der Waals surface area contributed by atoms with Crippen LogP contribution in [0.1, 0.15) is 55.8 Å². The monoisotopic (exact) mass is 640 g/mol. The summed E-state index contributed by atoms with van der Waals surface area (Å²) in [4.78, 5) is 56.4. The summed E-state index contributed by atoms with van der Waals surface area (Å²) in [6.07, 6.45) is 0.764. The highest BCUT2D eigenvalue weighted by molar-refractivity contribution is 7.18. The lowest BCUT2D eigenvalue weighted by Gasteiger charge is -2.45. The van der Waals surface area contributed by atoms with Crippen molar-refractivity contribution in [2.24, 2.45) is 5.41 Å². The van der Waals surface area contributed by atoms with Gasteiger partial charge in [-0.1, -0.05) is 70.2 Å². The maximum Gasteiger partial charge on any atom is 0.408 e. The topological polar surface area (TPSA) is 119 Å². The van der Waals surface area contributed by atoms with Crippen LogP contribution >= 0.6 is 11.3 Å². The van der Waals surface area contributed by atoms with Gasteiger partial charge in [-0.25, -0.2) is 9.78 Å². The maximum absolute atomic E-state index is 14.0. The van der Waals surface area contributed by atoms with E-state index in [1.165, 1.54) is 4.90 Å². The molecule has 2 fully saturated rings. The van der Waals surface area contributed by atoms with Gasteiger partial charge in [0.05, 0.1) is 5.39 Å². The molecule has 2 aromatic heterocycles. The zero-order valence-electron chi connectivity index (χ0n) is 26.7. The fourth-order valence-corrected chi connectivity index (χ4v) is 7.77. The fraction of sp³-hybridized carbons (Fsp3) is 0.400. The number of rotatable bonds is 6. The van der Waals surface area contributed by atoms with E-state index in [9.17, 15) is 19.5 Å². The van der Waals surface area contributed by atoms with Crippen molar-refractivity contribution in [2.45, 2.75) is 52.5 Å². The average Bonchev–Trinajstić information content (AvgIpc) is 3.71. The number of hydrogen-bond donors (Lipinski definition) is 2. The Hall–Kier alpha value is -4.51. The zero-order chi connectivity index (χ0) is 32.6. The molecule has 1 unspecified atom stereocenters. The molecule has 0 spiro atoms. The van der Waals surface area contributed by atoms with Crippen molar-refractivity contribution < 1.29 is 19.5 Å². The standard InChI is InChI=1S/C35H40N6O4S/c1-5-26-22-27-28(36-32(37-29(27)46-26)38-31(43)35(34(2,3)4)16-9-17-41(35)33(44)45)39-18-20-40(21-19-39)30(42)25-14-12-24(13-15-25)23-10-7-6-8-11-23/h6-8,10-15,22H,5,9,16-21H2,1-4H3,(H,44,45)(H,36,37,38,43). The quantitative estimate of drug-likeness (QED) is 0.251. The van der Waals surface area contributed by atoms with E-state index in [-0.39, 0.29) is 11.9 Å². The second-order valence-electron chi connectivity index (χ2n) is 13.0. The van der Waals surface area contributed by atoms with Crippen molar-refractivity contribution in [3.63, 3.8) is 0 Å². The van der Waals surface area contributed by atoms with Gasteiger partial charge in [-0.3, -0.25) is 19.8 Å². The summed E-state index contributed by atoms with van der Waals surface area (Å²) < 4.78 is 0. The van der Waals surface area contributed by atoms with E-state index in [1.54, 1.807) is 11.3 Å². The minimum atomic E-state index is -1.24. The molecule has 4 aromatic rings. The van der Waals surface area contributed by atoms with Crippen molar-refractivity contribution >= 4 is 51.2 Å².